The number of halogens is 1. The minimum absolute atomic E-state index is 0.0137. The van der Waals surface area contributed by atoms with Gasteiger partial charge in [-0.25, -0.2) is 8.42 Å². The number of hydrogen-bond acceptors (Lipinski definition) is 6. The number of aromatic nitrogens is 2. The standard InChI is InChI=1S/C15H14ClN3O3S2/c1-2-19(24(20,21)12-7-5-11(16)6-8-12)10-14-17-15(18-22-14)13-4-3-9-23-13/h3-9H,2,10H2,1H3. The van der Waals surface area contributed by atoms with Crippen LogP contribution >= 0.6 is 22.9 Å². The molecule has 3 aromatic rings. The molecule has 0 unspecified atom stereocenters. The molecule has 0 amide bonds. The summed E-state index contributed by atoms with van der Waals surface area (Å²) >= 11 is 7.30. The molecule has 2 heterocycles. The number of nitrogens with zero attached hydrogens (tertiary/aromatic N) is 3. The average Bonchev–Trinajstić information content (AvgIpc) is 3.24. The molecule has 0 aliphatic carbocycles. The first kappa shape index (κ1) is 17.1. The number of thiophene rings is 1. The molecule has 0 saturated heterocycles. The molecule has 0 spiro atoms. The maximum atomic E-state index is 12.7. The summed E-state index contributed by atoms with van der Waals surface area (Å²) in [6.07, 6.45) is 0. The van der Waals surface area contributed by atoms with Gasteiger partial charge >= 0.3 is 0 Å². The Hall–Kier alpha value is -1.74. The van der Waals surface area contributed by atoms with E-state index in [0.29, 0.717) is 10.8 Å². The van der Waals surface area contributed by atoms with Gasteiger partial charge in [-0.3, -0.25) is 0 Å². The Morgan fingerprint density at radius 1 is 1.25 bits per heavy atom. The van der Waals surface area contributed by atoms with Gasteiger partial charge in [-0.15, -0.1) is 11.3 Å². The summed E-state index contributed by atoms with van der Waals surface area (Å²) < 4.78 is 31.9. The third-order valence-corrected chi connectivity index (χ3v) is 6.38. The number of benzene rings is 1. The highest BCUT2D eigenvalue weighted by Gasteiger charge is 2.25. The second-order valence-corrected chi connectivity index (χ2v) is 8.20. The van der Waals surface area contributed by atoms with Crippen LogP contribution in [0.1, 0.15) is 12.8 Å². The fourth-order valence-corrected chi connectivity index (χ4v) is 4.27. The van der Waals surface area contributed by atoms with Crippen molar-refractivity contribution in [3.8, 4) is 10.7 Å². The van der Waals surface area contributed by atoms with Gasteiger partial charge in [-0.2, -0.15) is 9.29 Å². The van der Waals surface area contributed by atoms with Crippen LogP contribution in [-0.2, 0) is 16.6 Å². The average molecular weight is 384 g/mol. The second-order valence-electron chi connectivity index (χ2n) is 4.87. The van der Waals surface area contributed by atoms with Gasteiger partial charge in [0.05, 0.1) is 16.3 Å². The van der Waals surface area contributed by atoms with Crippen molar-refractivity contribution < 1.29 is 12.9 Å². The van der Waals surface area contributed by atoms with E-state index < -0.39 is 10.0 Å². The fraction of sp³-hybridized carbons (Fsp3) is 0.200. The molecule has 0 N–H and O–H groups in total. The normalized spacial score (nSPS) is 12.0. The molecule has 0 aliphatic rings. The molecule has 0 bridgehead atoms. The zero-order valence-corrected chi connectivity index (χ0v) is 15.1. The molecule has 24 heavy (non-hydrogen) atoms. The first-order chi connectivity index (χ1) is 11.5. The Labute approximate surface area is 148 Å². The van der Waals surface area contributed by atoms with E-state index in [0.717, 1.165) is 4.88 Å². The van der Waals surface area contributed by atoms with Gasteiger partial charge in [0, 0.05) is 11.6 Å². The topological polar surface area (TPSA) is 76.3 Å². The zero-order chi connectivity index (χ0) is 17.2. The Kier molecular flexibility index (Phi) is 5.00. The highest BCUT2D eigenvalue weighted by atomic mass is 35.5. The van der Waals surface area contributed by atoms with Crippen LogP contribution in [-0.4, -0.2) is 29.4 Å². The van der Waals surface area contributed by atoms with E-state index in [9.17, 15) is 8.42 Å². The largest absolute Gasteiger partial charge is 0.337 e. The summed E-state index contributed by atoms with van der Waals surface area (Å²) in [5.74, 6) is 0.706. The van der Waals surface area contributed by atoms with Gasteiger partial charge in [0.1, 0.15) is 0 Å². The van der Waals surface area contributed by atoms with Gasteiger partial charge in [-0.1, -0.05) is 29.7 Å². The lowest BCUT2D eigenvalue weighted by Crippen LogP contribution is -2.30. The van der Waals surface area contributed by atoms with E-state index in [2.05, 4.69) is 10.1 Å². The van der Waals surface area contributed by atoms with Crippen LogP contribution in [0.15, 0.2) is 51.2 Å². The predicted molar refractivity (Wildman–Crippen MR) is 92.3 cm³/mol. The third-order valence-electron chi connectivity index (χ3n) is 3.33. The molecule has 9 heteroatoms. The minimum Gasteiger partial charge on any atom is -0.337 e. The highest BCUT2D eigenvalue weighted by Crippen LogP contribution is 2.23. The van der Waals surface area contributed by atoms with Gasteiger partial charge in [0.15, 0.2) is 0 Å². The van der Waals surface area contributed by atoms with Crippen molar-refractivity contribution in [2.75, 3.05) is 6.54 Å². The Balaban J connectivity index is 1.83. The summed E-state index contributed by atoms with van der Waals surface area (Å²) in [7, 11) is -3.66. The van der Waals surface area contributed by atoms with Crippen LogP contribution in [0.5, 0.6) is 0 Å². The molecular formula is C15H14ClN3O3S2. The minimum atomic E-state index is -3.66. The summed E-state index contributed by atoms with van der Waals surface area (Å²) in [5.41, 5.74) is 0. The first-order valence-electron chi connectivity index (χ1n) is 7.13. The maximum absolute atomic E-state index is 12.7. The van der Waals surface area contributed by atoms with Crippen molar-refractivity contribution >= 4 is 33.0 Å². The Bertz CT molecular complexity index is 906. The van der Waals surface area contributed by atoms with Gasteiger partial charge in [0.25, 0.3) is 0 Å². The molecule has 0 aliphatic heterocycles. The summed E-state index contributed by atoms with van der Waals surface area (Å²) in [5, 5.41) is 6.29. The smallest absolute Gasteiger partial charge is 0.243 e. The van der Waals surface area contributed by atoms with Crippen LogP contribution in [0.2, 0.25) is 5.02 Å². The van der Waals surface area contributed by atoms with Crippen molar-refractivity contribution in [3.05, 3.63) is 52.7 Å². The van der Waals surface area contributed by atoms with Gasteiger partial charge < -0.3 is 4.52 Å². The van der Waals surface area contributed by atoms with E-state index in [1.807, 2.05) is 17.5 Å². The van der Waals surface area contributed by atoms with E-state index in [4.69, 9.17) is 16.1 Å². The van der Waals surface area contributed by atoms with Gasteiger partial charge in [-0.05, 0) is 35.7 Å². The molecule has 0 atom stereocenters. The summed E-state index contributed by atoms with van der Waals surface area (Å²) in [4.78, 5) is 5.31. The van der Waals surface area contributed by atoms with Crippen molar-refractivity contribution in [1.82, 2.24) is 14.4 Å². The maximum Gasteiger partial charge on any atom is 0.243 e. The molecule has 0 saturated carbocycles. The van der Waals surface area contributed by atoms with Crippen LogP contribution in [0.3, 0.4) is 0 Å². The van der Waals surface area contributed by atoms with Crippen LogP contribution < -0.4 is 0 Å². The molecule has 6 nitrogen and oxygen atoms in total. The first-order valence-corrected chi connectivity index (χ1v) is 9.82. The monoisotopic (exact) mass is 383 g/mol. The molecular weight excluding hydrogens is 370 g/mol. The lowest BCUT2D eigenvalue weighted by Gasteiger charge is -2.18. The van der Waals surface area contributed by atoms with E-state index in [1.165, 1.54) is 27.8 Å². The lowest BCUT2D eigenvalue weighted by molar-refractivity contribution is 0.321. The van der Waals surface area contributed by atoms with E-state index in [-0.39, 0.29) is 23.9 Å². The number of sulfonamides is 1. The molecule has 3 rings (SSSR count). The van der Waals surface area contributed by atoms with Crippen molar-refractivity contribution in [2.45, 2.75) is 18.4 Å². The zero-order valence-electron chi connectivity index (χ0n) is 12.7. The van der Waals surface area contributed by atoms with Crippen molar-refractivity contribution in [2.24, 2.45) is 0 Å². The van der Waals surface area contributed by atoms with Crippen LogP contribution in [0, 0.1) is 0 Å². The van der Waals surface area contributed by atoms with Crippen LogP contribution in [0.25, 0.3) is 10.7 Å². The Morgan fingerprint density at radius 3 is 2.62 bits per heavy atom. The van der Waals surface area contributed by atoms with Gasteiger partial charge in [0.2, 0.25) is 21.7 Å². The number of rotatable bonds is 6. The van der Waals surface area contributed by atoms with E-state index in [1.54, 1.807) is 19.1 Å². The van der Waals surface area contributed by atoms with Crippen molar-refractivity contribution in [3.63, 3.8) is 0 Å². The molecule has 126 valence electrons. The summed E-state index contributed by atoms with van der Waals surface area (Å²) in [6, 6.07) is 9.81. The van der Waals surface area contributed by atoms with Crippen LogP contribution in [0.4, 0.5) is 0 Å². The Morgan fingerprint density at radius 2 is 2.00 bits per heavy atom. The fourth-order valence-electron chi connectivity index (χ4n) is 2.10. The molecule has 2 aromatic heterocycles. The molecule has 0 fully saturated rings. The summed E-state index contributed by atoms with van der Waals surface area (Å²) in [6.45, 7) is 2.05. The van der Waals surface area contributed by atoms with Crippen molar-refractivity contribution in [1.29, 1.82) is 0 Å². The number of hydrogen-bond donors (Lipinski definition) is 0. The lowest BCUT2D eigenvalue weighted by atomic mass is 10.4. The third kappa shape index (κ3) is 3.51. The molecule has 0 radical (unpaired) electrons. The predicted octanol–water partition coefficient (Wildman–Crippen LogP) is 3.66. The highest BCUT2D eigenvalue weighted by molar-refractivity contribution is 7.89. The SMILES string of the molecule is CCN(Cc1nc(-c2cccs2)no1)S(=O)(=O)c1ccc(Cl)cc1. The molecule has 1 aromatic carbocycles. The van der Waals surface area contributed by atoms with E-state index >= 15 is 0 Å². The quantitative estimate of drug-likeness (QED) is 0.649. The second kappa shape index (κ2) is 7.02.